The molecule has 1 saturated heterocycles. The lowest BCUT2D eigenvalue weighted by atomic mass is 10.0. The average molecular weight is 157 g/mol. The minimum atomic E-state index is 0.474. The van der Waals surface area contributed by atoms with Gasteiger partial charge in [-0.3, -0.25) is 0 Å². The lowest BCUT2D eigenvalue weighted by molar-refractivity contribution is 0.0936. The lowest BCUT2D eigenvalue weighted by Gasteiger charge is -2.14. The zero-order valence-corrected chi connectivity index (χ0v) is 7.60. The van der Waals surface area contributed by atoms with E-state index in [4.69, 9.17) is 4.74 Å². The summed E-state index contributed by atoms with van der Waals surface area (Å²) in [7, 11) is 0. The Hall–Kier alpha value is -0.0800. The molecule has 66 valence electrons. The molecule has 0 aliphatic carbocycles. The second-order valence-electron chi connectivity index (χ2n) is 3.38. The highest BCUT2D eigenvalue weighted by Crippen LogP contribution is 2.18. The molecule has 0 aromatic carbocycles. The summed E-state index contributed by atoms with van der Waals surface area (Å²) in [4.78, 5) is 0. The maximum absolute atomic E-state index is 5.55. The molecule has 11 heavy (non-hydrogen) atoms. The van der Waals surface area contributed by atoms with Gasteiger partial charge in [-0.1, -0.05) is 13.8 Å². The van der Waals surface area contributed by atoms with Gasteiger partial charge in [0.05, 0.1) is 6.10 Å². The normalized spacial score (nSPS) is 31.1. The van der Waals surface area contributed by atoms with Gasteiger partial charge in [0.1, 0.15) is 0 Å². The lowest BCUT2D eigenvalue weighted by Crippen LogP contribution is -2.30. The number of hydrogen-bond acceptors (Lipinski definition) is 2. The SMILES string of the molecule is CCCNCC1OCCC1C. The quantitative estimate of drug-likeness (QED) is 0.623. The van der Waals surface area contributed by atoms with E-state index in [-0.39, 0.29) is 0 Å². The predicted octanol–water partition coefficient (Wildman–Crippen LogP) is 1.41. The zero-order chi connectivity index (χ0) is 8.10. The first-order valence-electron chi connectivity index (χ1n) is 4.67. The molecule has 1 aliphatic rings. The standard InChI is InChI=1S/C9H19NO/c1-3-5-10-7-9-8(2)4-6-11-9/h8-10H,3-7H2,1-2H3. The van der Waals surface area contributed by atoms with Crippen molar-refractivity contribution >= 4 is 0 Å². The van der Waals surface area contributed by atoms with Gasteiger partial charge in [-0.05, 0) is 25.3 Å². The van der Waals surface area contributed by atoms with Gasteiger partial charge in [-0.15, -0.1) is 0 Å². The molecule has 0 amide bonds. The van der Waals surface area contributed by atoms with Crippen LogP contribution in [0.25, 0.3) is 0 Å². The summed E-state index contributed by atoms with van der Waals surface area (Å²) in [6, 6.07) is 0. The highest BCUT2D eigenvalue weighted by molar-refractivity contribution is 4.74. The second-order valence-corrected chi connectivity index (χ2v) is 3.38. The van der Waals surface area contributed by atoms with Crippen molar-refractivity contribution < 1.29 is 4.74 Å². The molecule has 0 spiro atoms. The number of hydrogen-bond donors (Lipinski definition) is 1. The van der Waals surface area contributed by atoms with E-state index >= 15 is 0 Å². The molecule has 1 N–H and O–H groups in total. The van der Waals surface area contributed by atoms with Gasteiger partial charge in [0.2, 0.25) is 0 Å². The molecule has 2 heteroatoms. The topological polar surface area (TPSA) is 21.3 Å². The fraction of sp³-hybridized carbons (Fsp3) is 1.00. The molecule has 0 radical (unpaired) electrons. The van der Waals surface area contributed by atoms with E-state index in [0.717, 1.165) is 25.6 Å². The van der Waals surface area contributed by atoms with Gasteiger partial charge < -0.3 is 10.1 Å². The molecular formula is C9H19NO. The Morgan fingerprint density at radius 3 is 2.91 bits per heavy atom. The van der Waals surface area contributed by atoms with Gasteiger partial charge in [0.25, 0.3) is 0 Å². The first kappa shape index (κ1) is 9.01. The van der Waals surface area contributed by atoms with E-state index in [1.165, 1.54) is 12.8 Å². The van der Waals surface area contributed by atoms with E-state index in [1.54, 1.807) is 0 Å². The van der Waals surface area contributed by atoms with Crippen LogP contribution in [-0.2, 0) is 4.74 Å². The maximum atomic E-state index is 5.55. The predicted molar refractivity (Wildman–Crippen MR) is 46.7 cm³/mol. The summed E-state index contributed by atoms with van der Waals surface area (Å²) >= 11 is 0. The average Bonchev–Trinajstić information content (AvgIpc) is 2.37. The van der Waals surface area contributed by atoms with Crippen LogP contribution in [0.4, 0.5) is 0 Å². The van der Waals surface area contributed by atoms with Crippen molar-refractivity contribution in [3.63, 3.8) is 0 Å². The number of rotatable bonds is 4. The molecule has 2 nitrogen and oxygen atoms in total. The van der Waals surface area contributed by atoms with Gasteiger partial charge in [-0.2, -0.15) is 0 Å². The highest BCUT2D eigenvalue weighted by Gasteiger charge is 2.22. The van der Waals surface area contributed by atoms with Gasteiger partial charge >= 0.3 is 0 Å². The Kier molecular flexibility index (Phi) is 3.87. The van der Waals surface area contributed by atoms with Crippen molar-refractivity contribution in [2.75, 3.05) is 19.7 Å². The Morgan fingerprint density at radius 2 is 2.36 bits per heavy atom. The van der Waals surface area contributed by atoms with E-state index in [9.17, 15) is 0 Å². The van der Waals surface area contributed by atoms with E-state index in [1.807, 2.05) is 0 Å². The van der Waals surface area contributed by atoms with Crippen LogP contribution in [0.1, 0.15) is 26.7 Å². The van der Waals surface area contributed by atoms with Gasteiger partial charge in [0, 0.05) is 13.2 Å². The summed E-state index contributed by atoms with van der Waals surface area (Å²) in [6.45, 7) is 7.57. The van der Waals surface area contributed by atoms with Crippen LogP contribution in [0.2, 0.25) is 0 Å². The molecule has 0 aromatic heterocycles. The van der Waals surface area contributed by atoms with Gasteiger partial charge in [-0.25, -0.2) is 0 Å². The van der Waals surface area contributed by atoms with Crippen LogP contribution in [0.3, 0.4) is 0 Å². The first-order valence-corrected chi connectivity index (χ1v) is 4.67. The van der Waals surface area contributed by atoms with E-state index in [2.05, 4.69) is 19.2 Å². The Balaban J connectivity index is 2.05. The van der Waals surface area contributed by atoms with Crippen LogP contribution in [0, 0.1) is 5.92 Å². The van der Waals surface area contributed by atoms with Crippen LogP contribution >= 0.6 is 0 Å². The monoisotopic (exact) mass is 157 g/mol. The first-order chi connectivity index (χ1) is 5.34. The van der Waals surface area contributed by atoms with Crippen molar-refractivity contribution in [2.24, 2.45) is 5.92 Å². The Bertz CT molecular complexity index is 106. The Labute approximate surface area is 69.3 Å². The number of ether oxygens (including phenoxy) is 1. The third-order valence-electron chi connectivity index (χ3n) is 2.31. The summed E-state index contributed by atoms with van der Waals surface area (Å²) in [6.07, 6.45) is 2.92. The summed E-state index contributed by atoms with van der Waals surface area (Å²) in [5, 5.41) is 3.38. The molecule has 1 aliphatic heterocycles. The molecule has 0 aromatic rings. The fourth-order valence-corrected chi connectivity index (χ4v) is 1.44. The van der Waals surface area contributed by atoms with Crippen molar-refractivity contribution in [1.29, 1.82) is 0 Å². The largest absolute Gasteiger partial charge is 0.377 e. The molecule has 2 unspecified atom stereocenters. The number of nitrogens with one attached hydrogen (secondary N) is 1. The fourth-order valence-electron chi connectivity index (χ4n) is 1.44. The molecule has 1 fully saturated rings. The van der Waals surface area contributed by atoms with Crippen LogP contribution in [0.5, 0.6) is 0 Å². The molecule has 0 saturated carbocycles. The third-order valence-corrected chi connectivity index (χ3v) is 2.31. The molecule has 1 rings (SSSR count). The summed E-state index contributed by atoms with van der Waals surface area (Å²) in [5.41, 5.74) is 0. The smallest absolute Gasteiger partial charge is 0.0725 e. The summed E-state index contributed by atoms with van der Waals surface area (Å²) < 4.78 is 5.55. The van der Waals surface area contributed by atoms with Crippen LogP contribution in [0.15, 0.2) is 0 Å². The van der Waals surface area contributed by atoms with Crippen LogP contribution < -0.4 is 5.32 Å². The van der Waals surface area contributed by atoms with Crippen molar-refractivity contribution in [3.05, 3.63) is 0 Å². The molecule has 2 atom stereocenters. The third kappa shape index (κ3) is 2.80. The highest BCUT2D eigenvalue weighted by atomic mass is 16.5. The minimum Gasteiger partial charge on any atom is -0.377 e. The second kappa shape index (κ2) is 4.73. The van der Waals surface area contributed by atoms with Crippen molar-refractivity contribution in [1.82, 2.24) is 5.32 Å². The minimum absolute atomic E-state index is 0.474. The summed E-state index contributed by atoms with van der Waals surface area (Å²) in [5.74, 6) is 0.749. The molecule has 1 heterocycles. The Morgan fingerprint density at radius 1 is 1.55 bits per heavy atom. The van der Waals surface area contributed by atoms with Gasteiger partial charge in [0.15, 0.2) is 0 Å². The van der Waals surface area contributed by atoms with E-state index < -0.39 is 0 Å². The molecule has 0 bridgehead atoms. The zero-order valence-electron chi connectivity index (χ0n) is 7.60. The van der Waals surface area contributed by atoms with E-state index in [0.29, 0.717) is 6.10 Å². The maximum Gasteiger partial charge on any atom is 0.0725 e. The molecular weight excluding hydrogens is 138 g/mol. The van der Waals surface area contributed by atoms with Crippen LogP contribution in [-0.4, -0.2) is 25.8 Å². The van der Waals surface area contributed by atoms with Crippen molar-refractivity contribution in [3.8, 4) is 0 Å². The van der Waals surface area contributed by atoms with Crippen molar-refractivity contribution in [2.45, 2.75) is 32.8 Å².